The van der Waals surface area contributed by atoms with E-state index in [9.17, 15) is 4.79 Å². The quantitative estimate of drug-likeness (QED) is 0.822. The lowest BCUT2D eigenvalue weighted by molar-refractivity contribution is -0.119. The molecule has 1 saturated heterocycles. The molecule has 134 valence electrons. The van der Waals surface area contributed by atoms with Gasteiger partial charge in [0.1, 0.15) is 0 Å². The van der Waals surface area contributed by atoms with Gasteiger partial charge in [0.15, 0.2) is 0 Å². The molecule has 2 aromatic rings. The standard InChI is InChI=1S/C22H25N3O/c1-2-22(26)25(20-10-8-18(16-23)9-11-20)21-12-14-24(15-13-21)17-19-6-4-3-5-7-19/h3-11,21H,2,12-15,17H2,1H3. The lowest BCUT2D eigenvalue weighted by Crippen LogP contribution is -2.47. The van der Waals surface area contributed by atoms with E-state index >= 15 is 0 Å². The Labute approximate surface area is 155 Å². The summed E-state index contributed by atoms with van der Waals surface area (Å²) in [4.78, 5) is 17.0. The molecule has 0 aliphatic carbocycles. The number of piperidine rings is 1. The van der Waals surface area contributed by atoms with Crippen LogP contribution in [0.15, 0.2) is 54.6 Å². The third-order valence-corrected chi connectivity index (χ3v) is 5.02. The average molecular weight is 347 g/mol. The summed E-state index contributed by atoms with van der Waals surface area (Å²) in [7, 11) is 0. The van der Waals surface area contributed by atoms with E-state index in [2.05, 4.69) is 35.2 Å². The molecule has 1 fully saturated rings. The van der Waals surface area contributed by atoms with Crippen LogP contribution in [0.25, 0.3) is 0 Å². The van der Waals surface area contributed by atoms with Crippen LogP contribution in [0.4, 0.5) is 5.69 Å². The van der Waals surface area contributed by atoms with Gasteiger partial charge in [0.05, 0.1) is 11.6 Å². The second kappa shape index (κ2) is 8.64. The van der Waals surface area contributed by atoms with E-state index in [4.69, 9.17) is 5.26 Å². The first-order chi connectivity index (χ1) is 12.7. The number of carbonyl (C=O) groups excluding carboxylic acids is 1. The van der Waals surface area contributed by atoms with Crippen LogP contribution in [0, 0.1) is 11.3 Å². The molecule has 0 saturated carbocycles. The molecule has 26 heavy (non-hydrogen) atoms. The highest BCUT2D eigenvalue weighted by molar-refractivity contribution is 5.93. The summed E-state index contributed by atoms with van der Waals surface area (Å²) in [5.41, 5.74) is 2.85. The highest BCUT2D eigenvalue weighted by Crippen LogP contribution is 2.25. The summed E-state index contributed by atoms with van der Waals surface area (Å²) in [5.74, 6) is 0.149. The predicted octanol–water partition coefficient (Wildman–Crippen LogP) is 3.97. The number of rotatable bonds is 5. The van der Waals surface area contributed by atoms with Gasteiger partial charge in [-0.25, -0.2) is 0 Å². The van der Waals surface area contributed by atoms with E-state index < -0.39 is 0 Å². The smallest absolute Gasteiger partial charge is 0.226 e. The summed E-state index contributed by atoms with van der Waals surface area (Å²) in [6, 6.07) is 20.2. The predicted molar refractivity (Wildman–Crippen MR) is 104 cm³/mol. The molecule has 0 radical (unpaired) electrons. The molecule has 0 atom stereocenters. The van der Waals surface area contributed by atoms with Crippen LogP contribution >= 0.6 is 0 Å². The van der Waals surface area contributed by atoms with Crippen molar-refractivity contribution in [3.05, 3.63) is 65.7 Å². The van der Waals surface area contributed by atoms with Crippen LogP contribution in [-0.2, 0) is 11.3 Å². The molecular weight excluding hydrogens is 322 g/mol. The van der Waals surface area contributed by atoms with Crippen molar-refractivity contribution in [2.24, 2.45) is 0 Å². The zero-order valence-corrected chi connectivity index (χ0v) is 15.3. The number of carbonyl (C=O) groups is 1. The van der Waals surface area contributed by atoms with Gasteiger partial charge in [-0.3, -0.25) is 9.69 Å². The first-order valence-electron chi connectivity index (χ1n) is 9.29. The largest absolute Gasteiger partial charge is 0.309 e. The monoisotopic (exact) mass is 347 g/mol. The van der Waals surface area contributed by atoms with Crippen molar-refractivity contribution in [1.29, 1.82) is 5.26 Å². The van der Waals surface area contributed by atoms with Crippen molar-refractivity contribution in [3.63, 3.8) is 0 Å². The van der Waals surface area contributed by atoms with E-state index in [1.807, 2.05) is 30.0 Å². The van der Waals surface area contributed by atoms with Crippen molar-refractivity contribution >= 4 is 11.6 Å². The third kappa shape index (κ3) is 4.30. The second-order valence-corrected chi connectivity index (χ2v) is 6.77. The Morgan fingerprint density at radius 1 is 1.12 bits per heavy atom. The number of likely N-dealkylation sites (tertiary alicyclic amines) is 1. The average Bonchev–Trinajstić information content (AvgIpc) is 2.70. The van der Waals surface area contributed by atoms with Gasteiger partial charge in [0, 0.05) is 37.8 Å². The van der Waals surface area contributed by atoms with Crippen LogP contribution < -0.4 is 4.90 Å². The number of amides is 1. The number of hydrogen-bond acceptors (Lipinski definition) is 3. The van der Waals surface area contributed by atoms with Gasteiger partial charge < -0.3 is 4.90 Å². The van der Waals surface area contributed by atoms with E-state index in [0.29, 0.717) is 12.0 Å². The fraction of sp³-hybridized carbons (Fsp3) is 0.364. The van der Waals surface area contributed by atoms with Crippen LogP contribution in [0.2, 0.25) is 0 Å². The summed E-state index contributed by atoms with van der Waals surface area (Å²) >= 11 is 0. The molecule has 1 amide bonds. The highest BCUT2D eigenvalue weighted by Gasteiger charge is 2.28. The summed E-state index contributed by atoms with van der Waals surface area (Å²) < 4.78 is 0. The van der Waals surface area contributed by atoms with E-state index in [0.717, 1.165) is 38.2 Å². The Bertz CT molecular complexity index is 756. The van der Waals surface area contributed by atoms with Crippen molar-refractivity contribution in [3.8, 4) is 6.07 Å². The van der Waals surface area contributed by atoms with Gasteiger partial charge in [-0.2, -0.15) is 5.26 Å². The van der Waals surface area contributed by atoms with Gasteiger partial charge in [-0.15, -0.1) is 0 Å². The maximum Gasteiger partial charge on any atom is 0.226 e. The third-order valence-electron chi connectivity index (χ3n) is 5.02. The van der Waals surface area contributed by atoms with Crippen LogP contribution in [0.3, 0.4) is 0 Å². The molecule has 0 aromatic heterocycles. The highest BCUT2D eigenvalue weighted by atomic mass is 16.2. The van der Waals surface area contributed by atoms with Crippen molar-refractivity contribution in [2.75, 3.05) is 18.0 Å². The van der Waals surface area contributed by atoms with Crippen LogP contribution in [0.5, 0.6) is 0 Å². The van der Waals surface area contributed by atoms with E-state index in [1.165, 1.54) is 5.56 Å². The molecular formula is C22H25N3O. The molecule has 0 bridgehead atoms. The maximum absolute atomic E-state index is 12.6. The molecule has 1 aliphatic rings. The first-order valence-corrected chi connectivity index (χ1v) is 9.29. The fourth-order valence-electron chi connectivity index (χ4n) is 3.60. The number of anilines is 1. The normalized spacial score (nSPS) is 15.4. The number of benzene rings is 2. The summed E-state index contributed by atoms with van der Waals surface area (Å²) in [6.45, 7) is 4.85. The Morgan fingerprint density at radius 3 is 2.35 bits per heavy atom. The minimum atomic E-state index is 0.149. The Kier molecular flexibility index (Phi) is 6.04. The molecule has 0 spiro atoms. The molecule has 2 aromatic carbocycles. The molecule has 3 rings (SSSR count). The summed E-state index contributed by atoms with van der Waals surface area (Å²) in [5, 5.41) is 8.99. The zero-order valence-electron chi connectivity index (χ0n) is 15.3. The minimum absolute atomic E-state index is 0.149. The number of hydrogen-bond donors (Lipinski definition) is 0. The Hall–Kier alpha value is -2.64. The van der Waals surface area contributed by atoms with Crippen molar-refractivity contribution in [2.45, 2.75) is 38.8 Å². The Balaban J connectivity index is 1.67. The second-order valence-electron chi connectivity index (χ2n) is 6.77. The van der Waals surface area contributed by atoms with Gasteiger partial charge >= 0.3 is 0 Å². The van der Waals surface area contributed by atoms with Crippen LogP contribution in [0.1, 0.15) is 37.3 Å². The van der Waals surface area contributed by atoms with Crippen molar-refractivity contribution in [1.82, 2.24) is 4.90 Å². The number of nitriles is 1. The lowest BCUT2D eigenvalue weighted by Gasteiger charge is -2.38. The van der Waals surface area contributed by atoms with Crippen molar-refractivity contribution < 1.29 is 4.79 Å². The molecule has 4 nitrogen and oxygen atoms in total. The summed E-state index contributed by atoms with van der Waals surface area (Å²) in [6.07, 6.45) is 2.43. The van der Waals surface area contributed by atoms with E-state index in [1.54, 1.807) is 12.1 Å². The molecule has 1 heterocycles. The van der Waals surface area contributed by atoms with Gasteiger partial charge in [-0.05, 0) is 42.7 Å². The van der Waals surface area contributed by atoms with Gasteiger partial charge in [0.2, 0.25) is 5.91 Å². The van der Waals surface area contributed by atoms with E-state index in [-0.39, 0.29) is 11.9 Å². The zero-order chi connectivity index (χ0) is 18.4. The SMILES string of the molecule is CCC(=O)N(c1ccc(C#N)cc1)C1CCN(Cc2ccccc2)CC1. The molecule has 4 heteroatoms. The van der Waals surface area contributed by atoms with Crippen LogP contribution in [-0.4, -0.2) is 29.9 Å². The number of nitrogens with zero attached hydrogens (tertiary/aromatic N) is 3. The first kappa shape index (κ1) is 18.2. The Morgan fingerprint density at radius 2 is 1.77 bits per heavy atom. The molecule has 0 unspecified atom stereocenters. The maximum atomic E-state index is 12.6. The fourth-order valence-corrected chi connectivity index (χ4v) is 3.60. The lowest BCUT2D eigenvalue weighted by atomic mass is 10.0. The van der Waals surface area contributed by atoms with Gasteiger partial charge in [-0.1, -0.05) is 37.3 Å². The van der Waals surface area contributed by atoms with Gasteiger partial charge in [0.25, 0.3) is 0 Å². The molecule has 0 N–H and O–H groups in total. The minimum Gasteiger partial charge on any atom is -0.309 e. The topological polar surface area (TPSA) is 47.3 Å². The molecule has 1 aliphatic heterocycles.